The van der Waals surface area contributed by atoms with Crippen molar-refractivity contribution < 1.29 is 38.6 Å². The number of hydrogen-bond acceptors (Lipinski definition) is 7. The van der Waals surface area contributed by atoms with Crippen molar-refractivity contribution in [2.75, 3.05) is 0 Å². The fourth-order valence-corrected chi connectivity index (χ4v) is 4.66. The van der Waals surface area contributed by atoms with Crippen molar-refractivity contribution >= 4 is 53.2 Å². The van der Waals surface area contributed by atoms with Crippen LogP contribution in [-0.2, 0) is 28.1 Å². The maximum absolute atomic E-state index is 11.8. The second-order valence-corrected chi connectivity index (χ2v) is 8.15. The van der Waals surface area contributed by atoms with Crippen molar-refractivity contribution in [3.05, 3.63) is 21.3 Å². The number of amides is 2. The number of rotatable bonds is 4. The largest absolute Gasteiger partial charge is 0.295 e. The lowest BCUT2D eigenvalue weighted by Gasteiger charge is -2.09. The fourth-order valence-electron chi connectivity index (χ4n) is 1.38. The zero-order chi connectivity index (χ0) is 17.3. The summed E-state index contributed by atoms with van der Waals surface area (Å²) in [5.41, 5.74) is -0.722. The SMILES string of the molecule is CC(=O)NC(=O)c1cc(S(=O)(=O)O)cc(S(=O)(=O)O)c1I=O. The smallest absolute Gasteiger partial charge is 0.293 e. The van der Waals surface area contributed by atoms with Crippen molar-refractivity contribution in [2.45, 2.75) is 16.7 Å². The van der Waals surface area contributed by atoms with E-state index in [0.717, 1.165) is 6.92 Å². The molecule has 0 aliphatic carbocycles. The molecule has 3 N–H and O–H groups in total. The summed E-state index contributed by atoms with van der Waals surface area (Å²) in [6, 6.07) is 0.914. The quantitative estimate of drug-likeness (QED) is 0.407. The molecule has 0 saturated heterocycles. The Labute approximate surface area is 135 Å². The van der Waals surface area contributed by atoms with Gasteiger partial charge >= 0.3 is 0 Å². The molecule has 0 bridgehead atoms. The van der Waals surface area contributed by atoms with Gasteiger partial charge in [-0.05, 0) is 12.1 Å². The van der Waals surface area contributed by atoms with Crippen molar-refractivity contribution in [1.82, 2.24) is 5.32 Å². The summed E-state index contributed by atoms with van der Waals surface area (Å²) in [6.07, 6.45) is 0. The molecular formula is C9H8INO9S2. The Balaban J connectivity index is 3.85. The molecule has 10 nitrogen and oxygen atoms in total. The minimum atomic E-state index is -5.03. The number of carbonyl (C=O) groups excluding carboxylic acids is 2. The number of benzene rings is 1. The van der Waals surface area contributed by atoms with E-state index < -0.39 is 72.2 Å². The lowest BCUT2D eigenvalue weighted by Crippen LogP contribution is -2.29. The molecule has 122 valence electrons. The Kier molecular flexibility index (Phi) is 5.50. The summed E-state index contributed by atoms with van der Waals surface area (Å²) < 4.78 is 73.3. The molecule has 0 aliphatic heterocycles. The summed E-state index contributed by atoms with van der Waals surface area (Å²) in [7, 11) is -9.95. The highest BCUT2D eigenvalue weighted by atomic mass is 127. The van der Waals surface area contributed by atoms with Gasteiger partial charge in [0.2, 0.25) is 5.91 Å². The maximum atomic E-state index is 11.8. The van der Waals surface area contributed by atoms with Crippen LogP contribution in [-0.4, -0.2) is 37.8 Å². The van der Waals surface area contributed by atoms with Crippen molar-refractivity contribution in [3.8, 4) is 0 Å². The van der Waals surface area contributed by atoms with Crippen molar-refractivity contribution in [1.29, 1.82) is 0 Å². The van der Waals surface area contributed by atoms with Gasteiger partial charge in [0.25, 0.3) is 26.1 Å². The van der Waals surface area contributed by atoms with E-state index in [2.05, 4.69) is 0 Å². The second-order valence-electron chi connectivity index (χ2n) is 3.82. The Bertz CT molecular complexity index is 873. The van der Waals surface area contributed by atoms with Crippen LogP contribution in [0, 0.1) is 3.57 Å². The lowest BCUT2D eigenvalue weighted by molar-refractivity contribution is -0.118. The van der Waals surface area contributed by atoms with Crippen LogP contribution in [0.4, 0.5) is 0 Å². The van der Waals surface area contributed by atoms with E-state index in [1.165, 1.54) is 0 Å². The van der Waals surface area contributed by atoms with Crippen molar-refractivity contribution in [2.24, 2.45) is 0 Å². The third-order valence-electron chi connectivity index (χ3n) is 2.20. The van der Waals surface area contributed by atoms with Gasteiger partial charge < -0.3 is 0 Å². The summed E-state index contributed by atoms with van der Waals surface area (Å²) in [5.74, 6) is -2.07. The van der Waals surface area contributed by atoms with Crippen LogP contribution in [0.3, 0.4) is 0 Å². The minimum Gasteiger partial charge on any atom is -0.293 e. The van der Waals surface area contributed by atoms with E-state index in [0.29, 0.717) is 12.1 Å². The molecule has 0 fully saturated rings. The van der Waals surface area contributed by atoms with Crippen LogP contribution in [0.25, 0.3) is 0 Å². The lowest BCUT2D eigenvalue weighted by atomic mass is 10.2. The third-order valence-corrected chi connectivity index (χ3v) is 5.88. The molecule has 0 saturated carbocycles. The van der Waals surface area contributed by atoms with Crippen molar-refractivity contribution in [3.63, 3.8) is 0 Å². The first-order valence-electron chi connectivity index (χ1n) is 5.10. The normalized spacial score (nSPS) is 12.0. The molecule has 0 atom stereocenters. The minimum absolute atomic E-state index is 0.363. The topological polar surface area (TPSA) is 172 Å². The first-order chi connectivity index (χ1) is 9.87. The molecule has 1 aromatic rings. The molecule has 0 heterocycles. The molecule has 0 spiro atoms. The molecule has 0 unspecified atom stereocenters. The highest BCUT2D eigenvalue weighted by Gasteiger charge is 2.27. The molecule has 0 radical (unpaired) electrons. The third kappa shape index (κ3) is 4.35. The van der Waals surface area contributed by atoms with E-state index in [-0.39, 0.29) is 0 Å². The number of imide groups is 1. The zero-order valence-corrected chi connectivity index (χ0v) is 14.4. The number of hydrogen-bond donors (Lipinski definition) is 3. The van der Waals surface area contributed by atoms with Gasteiger partial charge in [0.1, 0.15) is 4.90 Å². The van der Waals surface area contributed by atoms with E-state index in [4.69, 9.17) is 9.11 Å². The zero-order valence-electron chi connectivity index (χ0n) is 10.6. The average Bonchev–Trinajstić information content (AvgIpc) is 2.33. The van der Waals surface area contributed by atoms with Gasteiger partial charge in [-0.15, -0.1) is 0 Å². The Hall–Kier alpha value is -1.29. The Morgan fingerprint density at radius 2 is 1.64 bits per heavy atom. The van der Waals surface area contributed by atoms with E-state index >= 15 is 0 Å². The molecule has 0 aromatic heterocycles. The Morgan fingerprint density at radius 3 is 2.00 bits per heavy atom. The van der Waals surface area contributed by atoms with Crippen LogP contribution in [0.5, 0.6) is 0 Å². The van der Waals surface area contributed by atoms with Crippen LogP contribution < -0.4 is 5.32 Å². The summed E-state index contributed by atoms with van der Waals surface area (Å²) in [4.78, 5) is 20.5. The molecular weight excluding hydrogens is 457 g/mol. The highest BCUT2D eigenvalue weighted by Crippen LogP contribution is 2.28. The van der Waals surface area contributed by atoms with E-state index in [1.54, 1.807) is 5.32 Å². The van der Waals surface area contributed by atoms with Crippen LogP contribution in [0.15, 0.2) is 21.9 Å². The molecule has 22 heavy (non-hydrogen) atoms. The molecule has 0 aliphatic rings. The fraction of sp³-hybridized carbons (Fsp3) is 0.111. The van der Waals surface area contributed by atoms with Gasteiger partial charge in [0.05, 0.1) is 14.0 Å². The predicted molar refractivity (Wildman–Crippen MR) is 77.6 cm³/mol. The predicted octanol–water partition coefficient (Wildman–Crippen LogP) is -0.0579. The summed E-state index contributed by atoms with van der Waals surface area (Å²) in [6.45, 7) is 0.958. The first-order valence-corrected chi connectivity index (χ1v) is 9.94. The average molecular weight is 465 g/mol. The monoisotopic (exact) mass is 465 g/mol. The first kappa shape index (κ1) is 18.8. The standard InChI is InChI=1S/C9H8INO9S2/c1-4(12)11-9(13)6-2-5(21(15,16)17)3-7(8(6)10-14)22(18,19)20/h2-3H,1H3,(H,11,12,13)(H,15,16,17)(H,18,19,20). The molecule has 1 aromatic carbocycles. The van der Waals surface area contributed by atoms with Crippen LogP contribution >= 0.6 is 21.2 Å². The molecule has 1 rings (SSSR count). The molecule has 13 heteroatoms. The van der Waals surface area contributed by atoms with Gasteiger partial charge in [0.15, 0.2) is 21.2 Å². The number of halogens is 1. The Morgan fingerprint density at radius 1 is 1.09 bits per heavy atom. The summed E-state index contributed by atoms with van der Waals surface area (Å²) >= 11 is -2.35. The highest BCUT2D eigenvalue weighted by molar-refractivity contribution is 14.1. The van der Waals surface area contributed by atoms with Gasteiger partial charge in [0, 0.05) is 6.92 Å². The van der Waals surface area contributed by atoms with Gasteiger partial charge in [-0.25, -0.2) is 0 Å². The number of carbonyl (C=O) groups is 2. The van der Waals surface area contributed by atoms with Gasteiger partial charge in [-0.1, -0.05) is 0 Å². The van der Waals surface area contributed by atoms with Crippen LogP contribution in [0.1, 0.15) is 17.3 Å². The summed E-state index contributed by atoms with van der Waals surface area (Å²) in [5, 5.41) is 1.74. The number of nitrogens with one attached hydrogen (secondary N) is 1. The van der Waals surface area contributed by atoms with Gasteiger partial charge in [-0.3, -0.25) is 27.1 Å². The second kappa shape index (κ2) is 6.45. The van der Waals surface area contributed by atoms with E-state index in [9.17, 15) is 29.5 Å². The van der Waals surface area contributed by atoms with E-state index in [1.807, 2.05) is 0 Å². The molecule has 2 amide bonds. The van der Waals surface area contributed by atoms with Crippen LogP contribution in [0.2, 0.25) is 0 Å². The van der Waals surface area contributed by atoms with Gasteiger partial charge in [-0.2, -0.15) is 16.8 Å². The maximum Gasteiger partial charge on any atom is 0.295 e.